The fourth-order valence-electron chi connectivity index (χ4n) is 3.74. The number of alkyl carbamates (subject to hydrolysis) is 1. The molecule has 1 amide bonds. The molecule has 0 radical (unpaired) electrons. The van der Waals surface area contributed by atoms with Crippen molar-refractivity contribution in [2.24, 2.45) is 5.92 Å². The standard InChI is InChI=1S/C24H38N2O4/c1-18(20(27)29-22(2,3)4)24(25-21(28)30-23(5,6)7)13-15-26(16-14-24)17-19-11-9-8-10-12-19/h8-12,18H,13-17H2,1-7H3,(H,25,28). The fraction of sp³-hybridized carbons (Fsp3) is 0.667. The molecule has 0 aromatic heterocycles. The van der Waals surface area contributed by atoms with Gasteiger partial charge >= 0.3 is 12.1 Å². The molecule has 168 valence electrons. The van der Waals surface area contributed by atoms with Gasteiger partial charge in [-0.25, -0.2) is 4.79 Å². The summed E-state index contributed by atoms with van der Waals surface area (Å²) in [7, 11) is 0. The molecule has 0 spiro atoms. The molecule has 1 aromatic carbocycles. The Morgan fingerprint density at radius 3 is 2.03 bits per heavy atom. The summed E-state index contributed by atoms with van der Waals surface area (Å²) in [5.74, 6) is -0.779. The molecule has 0 aliphatic carbocycles. The molecule has 0 saturated carbocycles. The average Bonchev–Trinajstić information content (AvgIpc) is 2.60. The van der Waals surface area contributed by atoms with Gasteiger partial charge in [0, 0.05) is 19.6 Å². The second-order valence-electron chi connectivity index (χ2n) is 10.3. The van der Waals surface area contributed by atoms with Crippen molar-refractivity contribution in [3.05, 3.63) is 35.9 Å². The number of hydrogen-bond donors (Lipinski definition) is 1. The van der Waals surface area contributed by atoms with Crippen molar-refractivity contribution in [1.82, 2.24) is 10.2 Å². The van der Waals surface area contributed by atoms with Gasteiger partial charge in [-0.1, -0.05) is 30.3 Å². The fourth-order valence-corrected chi connectivity index (χ4v) is 3.74. The normalized spacial score (nSPS) is 18.4. The third-order valence-corrected chi connectivity index (χ3v) is 5.34. The summed E-state index contributed by atoms with van der Waals surface area (Å²) in [5, 5.41) is 3.05. The van der Waals surface area contributed by atoms with Crippen LogP contribution < -0.4 is 5.32 Å². The van der Waals surface area contributed by atoms with E-state index in [9.17, 15) is 9.59 Å². The van der Waals surface area contributed by atoms with Gasteiger partial charge in [0.25, 0.3) is 0 Å². The Morgan fingerprint density at radius 1 is 1.00 bits per heavy atom. The molecule has 1 aliphatic heterocycles. The molecule has 6 heteroatoms. The lowest BCUT2D eigenvalue weighted by Gasteiger charge is -2.45. The lowest BCUT2D eigenvalue weighted by molar-refractivity contribution is -0.163. The second-order valence-corrected chi connectivity index (χ2v) is 10.3. The summed E-state index contributed by atoms with van der Waals surface area (Å²) in [6, 6.07) is 10.3. The summed E-state index contributed by atoms with van der Waals surface area (Å²) >= 11 is 0. The topological polar surface area (TPSA) is 67.9 Å². The molecule has 2 rings (SSSR count). The number of amides is 1. The number of benzene rings is 1. The van der Waals surface area contributed by atoms with Crippen molar-refractivity contribution in [3.8, 4) is 0 Å². The minimum Gasteiger partial charge on any atom is -0.460 e. The molecule has 30 heavy (non-hydrogen) atoms. The van der Waals surface area contributed by atoms with Gasteiger partial charge in [0.1, 0.15) is 11.2 Å². The SMILES string of the molecule is CC(C(=O)OC(C)(C)C)C1(NC(=O)OC(C)(C)C)CCN(Cc2ccccc2)CC1. The van der Waals surface area contributed by atoms with E-state index >= 15 is 0 Å². The van der Waals surface area contributed by atoms with E-state index in [2.05, 4.69) is 22.3 Å². The van der Waals surface area contributed by atoms with E-state index in [4.69, 9.17) is 9.47 Å². The number of carbonyl (C=O) groups excluding carboxylic acids is 2. The largest absolute Gasteiger partial charge is 0.460 e. The highest BCUT2D eigenvalue weighted by atomic mass is 16.6. The smallest absolute Gasteiger partial charge is 0.408 e. The lowest BCUT2D eigenvalue weighted by Crippen LogP contribution is -2.61. The van der Waals surface area contributed by atoms with E-state index in [0.29, 0.717) is 12.8 Å². The van der Waals surface area contributed by atoms with Crippen LogP contribution in [0.3, 0.4) is 0 Å². The number of ether oxygens (including phenoxy) is 2. The van der Waals surface area contributed by atoms with Crippen LogP contribution in [0.5, 0.6) is 0 Å². The molecule has 1 aromatic rings. The summed E-state index contributed by atoms with van der Waals surface area (Å²) < 4.78 is 11.1. The number of nitrogens with zero attached hydrogens (tertiary/aromatic N) is 1. The van der Waals surface area contributed by atoms with Crippen molar-refractivity contribution in [2.75, 3.05) is 13.1 Å². The average molecular weight is 419 g/mol. The number of esters is 1. The number of rotatable bonds is 5. The van der Waals surface area contributed by atoms with Crippen LogP contribution in [0, 0.1) is 5.92 Å². The molecule has 0 bridgehead atoms. The van der Waals surface area contributed by atoms with E-state index in [1.54, 1.807) is 0 Å². The summed E-state index contributed by atoms with van der Waals surface area (Å²) in [5.41, 5.74) is -0.621. The van der Waals surface area contributed by atoms with Crippen molar-refractivity contribution < 1.29 is 19.1 Å². The van der Waals surface area contributed by atoms with Crippen molar-refractivity contribution in [2.45, 2.75) is 84.6 Å². The Hall–Kier alpha value is -2.08. The van der Waals surface area contributed by atoms with Gasteiger partial charge < -0.3 is 14.8 Å². The van der Waals surface area contributed by atoms with Crippen LogP contribution in [-0.2, 0) is 20.8 Å². The third-order valence-electron chi connectivity index (χ3n) is 5.34. The maximum atomic E-state index is 12.9. The Bertz CT molecular complexity index is 711. The van der Waals surface area contributed by atoms with E-state index in [1.807, 2.05) is 66.7 Å². The van der Waals surface area contributed by atoms with Crippen LogP contribution in [0.15, 0.2) is 30.3 Å². The predicted octanol–water partition coefficient (Wildman–Crippen LogP) is 4.52. The molecule has 1 saturated heterocycles. The Labute approximate surface area is 181 Å². The predicted molar refractivity (Wildman–Crippen MR) is 118 cm³/mol. The van der Waals surface area contributed by atoms with Gasteiger partial charge in [-0.3, -0.25) is 9.69 Å². The van der Waals surface area contributed by atoms with E-state index in [0.717, 1.165) is 19.6 Å². The molecule has 1 heterocycles. The summed E-state index contributed by atoms with van der Waals surface area (Å²) in [4.78, 5) is 27.8. The van der Waals surface area contributed by atoms with Gasteiger partial charge in [0.2, 0.25) is 0 Å². The molecule has 1 fully saturated rings. The summed E-state index contributed by atoms with van der Waals surface area (Å²) in [6.07, 6.45) is 0.813. The number of carbonyl (C=O) groups is 2. The minimum absolute atomic E-state index is 0.296. The van der Waals surface area contributed by atoms with Crippen LogP contribution in [0.4, 0.5) is 4.79 Å². The van der Waals surface area contributed by atoms with Crippen LogP contribution in [0.1, 0.15) is 66.9 Å². The van der Waals surface area contributed by atoms with Crippen molar-refractivity contribution >= 4 is 12.1 Å². The molecule has 6 nitrogen and oxygen atoms in total. The maximum Gasteiger partial charge on any atom is 0.408 e. The van der Waals surface area contributed by atoms with Gasteiger partial charge in [-0.15, -0.1) is 0 Å². The number of hydrogen-bond acceptors (Lipinski definition) is 5. The zero-order valence-corrected chi connectivity index (χ0v) is 19.6. The van der Waals surface area contributed by atoms with Crippen LogP contribution in [0.25, 0.3) is 0 Å². The van der Waals surface area contributed by atoms with E-state index in [-0.39, 0.29) is 5.97 Å². The Kier molecular flexibility index (Phi) is 7.56. The highest BCUT2D eigenvalue weighted by Gasteiger charge is 2.46. The quantitative estimate of drug-likeness (QED) is 0.712. The van der Waals surface area contributed by atoms with Gasteiger partial charge in [-0.2, -0.15) is 0 Å². The second kappa shape index (κ2) is 9.38. The lowest BCUT2D eigenvalue weighted by atomic mass is 9.77. The van der Waals surface area contributed by atoms with Crippen LogP contribution >= 0.6 is 0 Å². The van der Waals surface area contributed by atoms with E-state index in [1.165, 1.54) is 5.56 Å². The zero-order chi connectivity index (χ0) is 22.6. The molecular formula is C24H38N2O4. The third kappa shape index (κ3) is 7.31. The number of piperidine rings is 1. The van der Waals surface area contributed by atoms with Gasteiger partial charge in [0.15, 0.2) is 0 Å². The first-order chi connectivity index (χ1) is 13.8. The highest BCUT2D eigenvalue weighted by Crippen LogP contribution is 2.33. The van der Waals surface area contributed by atoms with Crippen molar-refractivity contribution in [1.29, 1.82) is 0 Å². The van der Waals surface area contributed by atoms with Crippen LogP contribution in [0.2, 0.25) is 0 Å². The molecule has 1 atom stereocenters. The molecular weight excluding hydrogens is 380 g/mol. The van der Waals surface area contributed by atoms with E-state index < -0.39 is 28.8 Å². The highest BCUT2D eigenvalue weighted by molar-refractivity contribution is 5.76. The Morgan fingerprint density at radius 2 is 1.53 bits per heavy atom. The first-order valence-electron chi connectivity index (χ1n) is 10.8. The van der Waals surface area contributed by atoms with Gasteiger partial charge in [0.05, 0.1) is 11.5 Å². The molecule has 1 aliphatic rings. The number of likely N-dealkylation sites (tertiary alicyclic amines) is 1. The first-order valence-corrected chi connectivity index (χ1v) is 10.8. The summed E-state index contributed by atoms with van der Waals surface area (Å²) in [6.45, 7) is 15.3. The van der Waals surface area contributed by atoms with Crippen LogP contribution in [-0.4, -0.2) is 46.8 Å². The minimum atomic E-state index is -0.697. The number of nitrogens with one attached hydrogen (secondary N) is 1. The van der Waals surface area contributed by atoms with Gasteiger partial charge in [-0.05, 0) is 66.9 Å². The Balaban J connectivity index is 2.14. The molecule has 1 N–H and O–H groups in total. The maximum absolute atomic E-state index is 12.9. The van der Waals surface area contributed by atoms with Crippen molar-refractivity contribution in [3.63, 3.8) is 0 Å². The zero-order valence-electron chi connectivity index (χ0n) is 19.6. The first kappa shape index (κ1) is 24.2. The monoisotopic (exact) mass is 418 g/mol. The molecule has 1 unspecified atom stereocenters.